The molecule has 0 bridgehead atoms. The summed E-state index contributed by atoms with van der Waals surface area (Å²) in [5.41, 5.74) is 2.29. The summed E-state index contributed by atoms with van der Waals surface area (Å²) in [6, 6.07) is 17.2. The Bertz CT molecular complexity index is 946. The molecule has 0 heterocycles. The summed E-state index contributed by atoms with van der Waals surface area (Å²) in [5, 5.41) is 20.0. The Morgan fingerprint density at radius 2 is 1.11 bits per heavy atom. The lowest BCUT2D eigenvalue weighted by Gasteiger charge is -2.05. The van der Waals surface area contributed by atoms with Crippen LogP contribution in [0.25, 0.3) is 0 Å². The normalized spacial score (nSPS) is 11.2. The number of aromatic hydroxyl groups is 2. The van der Waals surface area contributed by atoms with E-state index in [1.807, 2.05) is 24.3 Å². The maximum absolute atomic E-state index is 9.99. The molecule has 28 heavy (non-hydrogen) atoms. The van der Waals surface area contributed by atoms with E-state index in [1.54, 1.807) is 63.0 Å². The molecule has 0 aliphatic rings. The molecule has 0 saturated heterocycles. The zero-order chi connectivity index (χ0) is 19.9. The highest BCUT2D eigenvalue weighted by atomic mass is 16.5. The van der Waals surface area contributed by atoms with Crippen LogP contribution in [0.2, 0.25) is 0 Å². The van der Waals surface area contributed by atoms with Gasteiger partial charge in [-0.2, -0.15) is 0 Å². The summed E-state index contributed by atoms with van der Waals surface area (Å²) in [6.07, 6.45) is 3.10. The molecule has 3 aromatic rings. The fraction of sp³-hybridized carbons (Fsp3) is 0.0909. The standard InChI is InChI=1S/C22H20N2O4/c1-27-17-7-9-21(25)15(11-17)13-23-19-5-3-4-6-20(19)24-14-16-12-18(28-2)8-10-22(16)26/h3-14,25-26H,1-2H3. The van der Waals surface area contributed by atoms with E-state index in [2.05, 4.69) is 9.98 Å². The number of phenols is 2. The lowest BCUT2D eigenvalue weighted by atomic mass is 10.2. The lowest BCUT2D eigenvalue weighted by Crippen LogP contribution is -1.87. The van der Waals surface area contributed by atoms with E-state index in [0.29, 0.717) is 34.0 Å². The number of para-hydroxylation sites is 2. The van der Waals surface area contributed by atoms with Gasteiger partial charge in [0.05, 0.1) is 25.6 Å². The number of hydrogen-bond donors (Lipinski definition) is 2. The molecule has 0 amide bonds. The molecule has 0 aliphatic heterocycles. The highest BCUT2D eigenvalue weighted by Gasteiger charge is 2.04. The van der Waals surface area contributed by atoms with Gasteiger partial charge < -0.3 is 19.7 Å². The molecule has 0 spiro atoms. The SMILES string of the molecule is COc1ccc(O)c(C=Nc2ccccc2N=Cc2cc(OC)ccc2O)c1. The third-order valence-electron chi connectivity index (χ3n) is 4.04. The molecule has 0 saturated carbocycles. The lowest BCUT2D eigenvalue weighted by molar-refractivity contribution is 0.412. The molecule has 0 atom stereocenters. The fourth-order valence-electron chi connectivity index (χ4n) is 2.49. The van der Waals surface area contributed by atoms with E-state index in [4.69, 9.17) is 9.47 Å². The number of ether oxygens (including phenoxy) is 2. The molecule has 3 rings (SSSR count). The van der Waals surface area contributed by atoms with Gasteiger partial charge in [-0.3, -0.25) is 9.98 Å². The van der Waals surface area contributed by atoms with Gasteiger partial charge in [0.1, 0.15) is 23.0 Å². The van der Waals surface area contributed by atoms with Crippen LogP contribution in [0.1, 0.15) is 11.1 Å². The predicted octanol–water partition coefficient (Wildman–Crippen LogP) is 4.62. The number of aliphatic imine (C=N–C) groups is 2. The fourth-order valence-corrected chi connectivity index (χ4v) is 2.49. The van der Waals surface area contributed by atoms with Gasteiger partial charge >= 0.3 is 0 Å². The molecule has 0 unspecified atom stereocenters. The molecule has 3 aromatic carbocycles. The Balaban J connectivity index is 1.90. The van der Waals surface area contributed by atoms with Gasteiger partial charge in [0, 0.05) is 23.6 Å². The van der Waals surface area contributed by atoms with E-state index in [-0.39, 0.29) is 11.5 Å². The summed E-state index contributed by atoms with van der Waals surface area (Å²) in [4.78, 5) is 8.88. The van der Waals surface area contributed by atoms with Crippen molar-refractivity contribution in [3.63, 3.8) is 0 Å². The van der Waals surface area contributed by atoms with Crippen LogP contribution in [-0.2, 0) is 0 Å². The summed E-state index contributed by atoms with van der Waals surface area (Å²) in [7, 11) is 3.12. The van der Waals surface area contributed by atoms with Crippen LogP contribution in [0.4, 0.5) is 11.4 Å². The largest absolute Gasteiger partial charge is 0.507 e. The van der Waals surface area contributed by atoms with Crippen molar-refractivity contribution in [2.24, 2.45) is 9.98 Å². The molecule has 142 valence electrons. The van der Waals surface area contributed by atoms with Gasteiger partial charge in [-0.1, -0.05) is 12.1 Å². The number of benzene rings is 3. The average molecular weight is 376 g/mol. The van der Waals surface area contributed by atoms with Crippen molar-refractivity contribution in [1.82, 2.24) is 0 Å². The van der Waals surface area contributed by atoms with Crippen molar-refractivity contribution in [1.29, 1.82) is 0 Å². The van der Waals surface area contributed by atoms with Crippen molar-refractivity contribution in [3.05, 3.63) is 71.8 Å². The van der Waals surface area contributed by atoms with Crippen molar-refractivity contribution in [3.8, 4) is 23.0 Å². The van der Waals surface area contributed by atoms with Crippen LogP contribution in [0.3, 0.4) is 0 Å². The van der Waals surface area contributed by atoms with E-state index in [1.165, 1.54) is 0 Å². The Morgan fingerprint density at radius 3 is 1.50 bits per heavy atom. The quantitative estimate of drug-likeness (QED) is 0.615. The van der Waals surface area contributed by atoms with Gasteiger partial charge in [-0.25, -0.2) is 0 Å². The minimum atomic E-state index is 0.104. The number of phenolic OH excluding ortho intramolecular Hbond substituents is 2. The molecule has 6 heteroatoms. The van der Waals surface area contributed by atoms with Gasteiger partial charge in [-0.15, -0.1) is 0 Å². The highest BCUT2D eigenvalue weighted by molar-refractivity contribution is 5.89. The first-order valence-corrected chi connectivity index (χ1v) is 8.52. The maximum atomic E-state index is 9.99. The molecule has 0 radical (unpaired) electrons. The summed E-state index contributed by atoms with van der Waals surface area (Å²) in [6.45, 7) is 0. The van der Waals surface area contributed by atoms with Gasteiger partial charge in [0.25, 0.3) is 0 Å². The number of nitrogens with zero attached hydrogens (tertiary/aromatic N) is 2. The minimum absolute atomic E-state index is 0.104. The Hall–Kier alpha value is -3.80. The molecule has 2 N–H and O–H groups in total. The minimum Gasteiger partial charge on any atom is -0.507 e. The van der Waals surface area contributed by atoms with Crippen molar-refractivity contribution in [2.75, 3.05) is 14.2 Å². The Kier molecular flexibility index (Phi) is 5.91. The Morgan fingerprint density at radius 1 is 0.679 bits per heavy atom. The summed E-state index contributed by atoms with van der Waals surface area (Å²) in [5.74, 6) is 1.46. The predicted molar refractivity (Wildman–Crippen MR) is 110 cm³/mol. The second-order valence-corrected chi connectivity index (χ2v) is 5.85. The zero-order valence-electron chi connectivity index (χ0n) is 15.5. The first-order chi connectivity index (χ1) is 13.6. The van der Waals surface area contributed by atoms with Gasteiger partial charge in [0.15, 0.2) is 0 Å². The zero-order valence-corrected chi connectivity index (χ0v) is 15.5. The second kappa shape index (κ2) is 8.73. The van der Waals surface area contributed by atoms with Crippen molar-refractivity contribution in [2.45, 2.75) is 0 Å². The second-order valence-electron chi connectivity index (χ2n) is 5.85. The monoisotopic (exact) mass is 376 g/mol. The number of hydrogen-bond acceptors (Lipinski definition) is 6. The molecular weight excluding hydrogens is 356 g/mol. The molecule has 0 aromatic heterocycles. The third kappa shape index (κ3) is 4.48. The average Bonchev–Trinajstić information content (AvgIpc) is 2.73. The first kappa shape index (κ1) is 19.0. The maximum Gasteiger partial charge on any atom is 0.124 e. The third-order valence-corrected chi connectivity index (χ3v) is 4.04. The summed E-state index contributed by atoms with van der Waals surface area (Å²) >= 11 is 0. The van der Waals surface area contributed by atoms with Crippen LogP contribution in [0.15, 0.2) is 70.6 Å². The number of methoxy groups -OCH3 is 2. The molecule has 0 aliphatic carbocycles. The highest BCUT2D eigenvalue weighted by Crippen LogP contribution is 2.29. The van der Waals surface area contributed by atoms with Crippen LogP contribution in [0, 0.1) is 0 Å². The van der Waals surface area contributed by atoms with E-state index < -0.39 is 0 Å². The van der Waals surface area contributed by atoms with Crippen LogP contribution in [0.5, 0.6) is 23.0 Å². The summed E-state index contributed by atoms with van der Waals surface area (Å²) < 4.78 is 10.3. The molecule has 6 nitrogen and oxygen atoms in total. The van der Waals surface area contributed by atoms with E-state index >= 15 is 0 Å². The molecule has 0 fully saturated rings. The Labute approximate surface area is 163 Å². The number of rotatable bonds is 6. The topological polar surface area (TPSA) is 83.6 Å². The van der Waals surface area contributed by atoms with Crippen molar-refractivity contribution >= 4 is 23.8 Å². The molecular formula is C22H20N2O4. The van der Waals surface area contributed by atoms with Crippen molar-refractivity contribution < 1.29 is 19.7 Å². The van der Waals surface area contributed by atoms with E-state index in [0.717, 1.165) is 0 Å². The van der Waals surface area contributed by atoms with Gasteiger partial charge in [0.2, 0.25) is 0 Å². The first-order valence-electron chi connectivity index (χ1n) is 8.52. The smallest absolute Gasteiger partial charge is 0.124 e. The van der Waals surface area contributed by atoms with Crippen LogP contribution in [-0.4, -0.2) is 36.9 Å². The van der Waals surface area contributed by atoms with E-state index in [9.17, 15) is 10.2 Å². The van der Waals surface area contributed by atoms with Gasteiger partial charge in [-0.05, 0) is 48.5 Å². The van der Waals surface area contributed by atoms with Crippen LogP contribution >= 0.6 is 0 Å². The van der Waals surface area contributed by atoms with Crippen LogP contribution < -0.4 is 9.47 Å².